The summed E-state index contributed by atoms with van der Waals surface area (Å²) in [5, 5.41) is 9.45. The van der Waals surface area contributed by atoms with Crippen molar-refractivity contribution in [2.45, 2.75) is 74.1 Å². The molecule has 2 aliphatic rings. The van der Waals surface area contributed by atoms with Gasteiger partial charge in [0.25, 0.3) is 0 Å². The standard InChI is InChI=1S/C23H30N2O4S2/c1-16-22(17-14-23(2,3)11-10-18(17)25(16)15-21(26)27)30-19-8-4-5-9-20(19)31(28,29)24-12-6-7-13-24/h4-5,8-9H,6-7,10-15H2,1-3H3,(H,26,27). The molecular weight excluding hydrogens is 432 g/mol. The lowest BCUT2D eigenvalue weighted by Crippen LogP contribution is -2.28. The van der Waals surface area contributed by atoms with E-state index >= 15 is 0 Å². The Bertz CT molecular complexity index is 1110. The van der Waals surface area contributed by atoms with Crippen LogP contribution in [0.15, 0.2) is 39.0 Å². The van der Waals surface area contributed by atoms with Crippen molar-refractivity contribution in [3.05, 3.63) is 41.2 Å². The smallest absolute Gasteiger partial charge is 0.323 e. The molecule has 6 nitrogen and oxygen atoms in total. The van der Waals surface area contributed by atoms with Crippen LogP contribution in [0.5, 0.6) is 0 Å². The Kier molecular flexibility index (Phi) is 6.00. The van der Waals surface area contributed by atoms with E-state index in [1.54, 1.807) is 16.4 Å². The lowest BCUT2D eigenvalue weighted by atomic mass is 9.76. The molecule has 1 aliphatic heterocycles. The Morgan fingerprint density at radius 3 is 2.55 bits per heavy atom. The molecule has 0 bridgehead atoms. The minimum atomic E-state index is -3.55. The molecule has 0 amide bonds. The molecule has 0 saturated carbocycles. The number of rotatable bonds is 6. The maximum Gasteiger partial charge on any atom is 0.323 e. The first-order valence-corrected chi connectivity index (χ1v) is 13.1. The largest absolute Gasteiger partial charge is 0.480 e. The van der Waals surface area contributed by atoms with Gasteiger partial charge in [0.15, 0.2) is 0 Å². The predicted octanol–water partition coefficient (Wildman–Crippen LogP) is 4.33. The molecule has 31 heavy (non-hydrogen) atoms. The van der Waals surface area contributed by atoms with Gasteiger partial charge in [-0.1, -0.05) is 37.7 Å². The molecule has 168 valence electrons. The first kappa shape index (κ1) is 22.4. The number of aliphatic carboxylic acids is 1. The van der Waals surface area contributed by atoms with E-state index in [2.05, 4.69) is 13.8 Å². The highest BCUT2D eigenvalue weighted by Crippen LogP contribution is 2.45. The molecule has 4 rings (SSSR count). The van der Waals surface area contributed by atoms with Crippen LogP contribution >= 0.6 is 11.8 Å². The minimum Gasteiger partial charge on any atom is -0.480 e. The number of aromatic nitrogens is 1. The highest BCUT2D eigenvalue weighted by molar-refractivity contribution is 8.00. The van der Waals surface area contributed by atoms with Gasteiger partial charge in [-0.3, -0.25) is 4.79 Å². The summed E-state index contributed by atoms with van der Waals surface area (Å²) in [6, 6.07) is 7.19. The SMILES string of the molecule is Cc1c(Sc2ccccc2S(=O)(=O)N2CCCC2)c2c(n1CC(=O)O)CCC(C)(C)C2. The Balaban J connectivity index is 1.79. The lowest BCUT2D eigenvalue weighted by Gasteiger charge is -2.30. The molecule has 1 aliphatic carbocycles. The Morgan fingerprint density at radius 2 is 1.87 bits per heavy atom. The molecule has 1 aromatic carbocycles. The number of carboxylic acid groups (broad SMARTS) is 1. The van der Waals surface area contributed by atoms with E-state index in [1.807, 2.05) is 23.6 Å². The van der Waals surface area contributed by atoms with Crippen LogP contribution < -0.4 is 0 Å². The Hall–Kier alpha value is -1.77. The Morgan fingerprint density at radius 1 is 1.19 bits per heavy atom. The van der Waals surface area contributed by atoms with Crippen molar-refractivity contribution in [3.63, 3.8) is 0 Å². The van der Waals surface area contributed by atoms with Gasteiger partial charge in [0, 0.05) is 34.3 Å². The second-order valence-electron chi connectivity index (χ2n) is 9.32. The molecule has 2 aromatic rings. The van der Waals surface area contributed by atoms with E-state index in [4.69, 9.17) is 0 Å². The molecule has 1 saturated heterocycles. The van der Waals surface area contributed by atoms with Gasteiger partial charge in [0.1, 0.15) is 6.54 Å². The molecule has 1 N–H and O–H groups in total. The van der Waals surface area contributed by atoms with E-state index in [0.717, 1.165) is 48.4 Å². The summed E-state index contributed by atoms with van der Waals surface area (Å²) in [6.45, 7) is 7.50. The van der Waals surface area contributed by atoms with Crippen molar-refractivity contribution in [2.24, 2.45) is 5.41 Å². The summed E-state index contributed by atoms with van der Waals surface area (Å²) in [4.78, 5) is 13.6. The minimum absolute atomic E-state index is 0.0666. The van der Waals surface area contributed by atoms with Gasteiger partial charge in [-0.15, -0.1) is 0 Å². The summed E-state index contributed by atoms with van der Waals surface area (Å²) < 4.78 is 30.1. The highest BCUT2D eigenvalue weighted by Gasteiger charge is 2.34. The second kappa shape index (κ2) is 8.30. The van der Waals surface area contributed by atoms with Crippen LogP contribution in [0.3, 0.4) is 0 Å². The normalized spacial score (nSPS) is 18.8. The van der Waals surface area contributed by atoms with Gasteiger partial charge in [-0.2, -0.15) is 4.31 Å². The third kappa shape index (κ3) is 4.30. The van der Waals surface area contributed by atoms with Gasteiger partial charge in [0.2, 0.25) is 10.0 Å². The van der Waals surface area contributed by atoms with Crippen LogP contribution in [0, 0.1) is 12.3 Å². The van der Waals surface area contributed by atoms with E-state index in [0.29, 0.717) is 22.9 Å². The summed E-state index contributed by atoms with van der Waals surface area (Å²) in [6.07, 6.45) is 4.50. The van der Waals surface area contributed by atoms with Crippen LogP contribution in [0.4, 0.5) is 0 Å². The number of carbonyl (C=O) groups is 1. The van der Waals surface area contributed by atoms with E-state index in [9.17, 15) is 18.3 Å². The van der Waals surface area contributed by atoms with Gasteiger partial charge in [-0.25, -0.2) is 8.42 Å². The van der Waals surface area contributed by atoms with Crippen molar-refractivity contribution in [2.75, 3.05) is 13.1 Å². The maximum absolute atomic E-state index is 13.3. The summed E-state index contributed by atoms with van der Waals surface area (Å²) in [7, 11) is -3.55. The zero-order valence-corrected chi connectivity index (χ0v) is 20.0. The average Bonchev–Trinajstić information content (AvgIpc) is 3.32. The van der Waals surface area contributed by atoms with Crippen LogP contribution in [-0.4, -0.2) is 41.5 Å². The van der Waals surface area contributed by atoms with Gasteiger partial charge in [-0.05, 0) is 62.1 Å². The summed E-state index contributed by atoms with van der Waals surface area (Å²) in [5.41, 5.74) is 3.30. The van der Waals surface area contributed by atoms with Crippen molar-refractivity contribution in [1.82, 2.24) is 8.87 Å². The highest BCUT2D eigenvalue weighted by atomic mass is 32.2. The van der Waals surface area contributed by atoms with Crippen molar-refractivity contribution >= 4 is 27.8 Å². The van der Waals surface area contributed by atoms with E-state index in [-0.39, 0.29) is 12.0 Å². The monoisotopic (exact) mass is 462 g/mol. The van der Waals surface area contributed by atoms with Crippen LogP contribution in [0.2, 0.25) is 0 Å². The molecule has 8 heteroatoms. The van der Waals surface area contributed by atoms with Gasteiger partial charge in [0.05, 0.1) is 4.90 Å². The van der Waals surface area contributed by atoms with Gasteiger partial charge < -0.3 is 9.67 Å². The zero-order chi connectivity index (χ0) is 22.4. The fourth-order valence-electron chi connectivity index (χ4n) is 4.74. The molecule has 0 spiro atoms. The summed E-state index contributed by atoms with van der Waals surface area (Å²) >= 11 is 1.47. The number of carboxylic acids is 1. The number of sulfonamides is 1. The third-order valence-electron chi connectivity index (χ3n) is 6.41. The van der Waals surface area contributed by atoms with Crippen LogP contribution in [-0.2, 0) is 34.2 Å². The number of fused-ring (bicyclic) bond motifs is 1. The van der Waals surface area contributed by atoms with Crippen molar-refractivity contribution in [3.8, 4) is 0 Å². The summed E-state index contributed by atoms with van der Waals surface area (Å²) in [5.74, 6) is -0.862. The fourth-order valence-corrected chi connectivity index (χ4v) is 7.88. The quantitative estimate of drug-likeness (QED) is 0.691. The predicted molar refractivity (Wildman–Crippen MR) is 121 cm³/mol. The molecule has 2 heterocycles. The van der Waals surface area contributed by atoms with E-state index in [1.165, 1.54) is 17.3 Å². The number of benzene rings is 1. The van der Waals surface area contributed by atoms with Crippen LogP contribution in [0.25, 0.3) is 0 Å². The Labute approximate surface area is 188 Å². The zero-order valence-electron chi connectivity index (χ0n) is 18.3. The molecule has 0 atom stereocenters. The fraction of sp³-hybridized carbons (Fsp3) is 0.522. The maximum atomic E-state index is 13.3. The number of hydrogen-bond donors (Lipinski definition) is 1. The topological polar surface area (TPSA) is 79.6 Å². The average molecular weight is 463 g/mol. The van der Waals surface area contributed by atoms with E-state index < -0.39 is 16.0 Å². The van der Waals surface area contributed by atoms with Gasteiger partial charge >= 0.3 is 5.97 Å². The molecule has 1 aromatic heterocycles. The first-order chi connectivity index (χ1) is 14.6. The molecular formula is C23H30N2O4S2. The number of hydrogen-bond acceptors (Lipinski definition) is 4. The molecule has 0 unspecified atom stereocenters. The lowest BCUT2D eigenvalue weighted by molar-refractivity contribution is -0.137. The molecule has 1 fully saturated rings. The molecule has 0 radical (unpaired) electrons. The second-order valence-corrected chi connectivity index (χ2v) is 12.3. The third-order valence-corrected chi connectivity index (χ3v) is 9.82. The van der Waals surface area contributed by atoms with Crippen molar-refractivity contribution < 1.29 is 18.3 Å². The van der Waals surface area contributed by atoms with Crippen LogP contribution in [0.1, 0.15) is 50.1 Å². The first-order valence-electron chi connectivity index (χ1n) is 10.8. The van der Waals surface area contributed by atoms with Crippen molar-refractivity contribution in [1.29, 1.82) is 0 Å². The number of nitrogens with zero attached hydrogens (tertiary/aromatic N) is 2.